The minimum atomic E-state index is -0.271. The molecule has 1 saturated carbocycles. The molecular weight excluding hydrogens is 190 g/mol. The van der Waals surface area contributed by atoms with Crippen LogP contribution in [0.25, 0.3) is 0 Å². The van der Waals surface area contributed by atoms with Crippen molar-refractivity contribution >= 4 is 5.78 Å². The van der Waals surface area contributed by atoms with E-state index < -0.39 is 0 Å². The van der Waals surface area contributed by atoms with Gasteiger partial charge in [-0.15, -0.1) is 0 Å². The monoisotopic (exact) mass is 213 g/mol. The van der Waals surface area contributed by atoms with Crippen molar-refractivity contribution < 1.29 is 9.53 Å². The van der Waals surface area contributed by atoms with Gasteiger partial charge in [0.2, 0.25) is 0 Å². The Balaban J connectivity index is 2.52. The first kappa shape index (κ1) is 12.7. The Morgan fingerprint density at radius 1 is 1.33 bits per heavy atom. The second kappa shape index (κ2) is 5.61. The number of nitrogens with two attached hydrogens (primary N) is 1. The van der Waals surface area contributed by atoms with Crippen LogP contribution in [0, 0.1) is 5.41 Å². The maximum Gasteiger partial charge on any atom is 0.165 e. The molecule has 0 aliphatic heterocycles. The van der Waals surface area contributed by atoms with Crippen molar-refractivity contribution in [3.8, 4) is 0 Å². The quantitative estimate of drug-likeness (QED) is 0.758. The van der Waals surface area contributed by atoms with E-state index in [1.165, 1.54) is 6.42 Å². The fourth-order valence-electron chi connectivity index (χ4n) is 2.22. The molecule has 1 rings (SSSR count). The van der Waals surface area contributed by atoms with E-state index in [0.29, 0.717) is 6.54 Å². The third kappa shape index (κ3) is 3.28. The van der Waals surface area contributed by atoms with Gasteiger partial charge in [-0.1, -0.05) is 19.3 Å². The van der Waals surface area contributed by atoms with E-state index in [-0.39, 0.29) is 23.9 Å². The van der Waals surface area contributed by atoms with Crippen LogP contribution in [0.2, 0.25) is 0 Å². The van der Waals surface area contributed by atoms with E-state index in [1.54, 1.807) is 0 Å². The van der Waals surface area contributed by atoms with Crippen molar-refractivity contribution in [2.24, 2.45) is 11.1 Å². The number of hydrogen-bond acceptors (Lipinski definition) is 3. The summed E-state index contributed by atoms with van der Waals surface area (Å²) in [6.45, 7) is 4.61. The molecule has 0 radical (unpaired) electrons. The minimum Gasteiger partial charge on any atom is -0.371 e. The summed E-state index contributed by atoms with van der Waals surface area (Å²) in [5, 5.41) is 0. The van der Waals surface area contributed by atoms with Crippen molar-refractivity contribution in [1.82, 2.24) is 0 Å². The maximum absolute atomic E-state index is 12.1. The first-order chi connectivity index (χ1) is 7.10. The van der Waals surface area contributed by atoms with E-state index in [1.807, 2.05) is 13.8 Å². The van der Waals surface area contributed by atoms with Gasteiger partial charge < -0.3 is 10.5 Å². The number of ketones is 1. The second-order valence-electron chi connectivity index (χ2n) is 4.83. The first-order valence-corrected chi connectivity index (χ1v) is 5.96. The summed E-state index contributed by atoms with van der Waals surface area (Å²) >= 11 is 0. The fraction of sp³-hybridized carbons (Fsp3) is 0.917. The number of hydrogen-bond donors (Lipinski definition) is 1. The zero-order chi connectivity index (χ0) is 11.3. The molecule has 0 heterocycles. The summed E-state index contributed by atoms with van der Waals surface area (Å²) in [5.41, 5.74) is 5.50. The maximum atomic E-state index is 12.1. The number of ether oxygens (including phenoxy) is 1. The van der Waals surface area contributed by atoms with E-state index in [4.69, 9.17) is 10.5 Å². The van der Waals surface area contributed by atoms with Crippen molar-refractivity contribution in [3.05, 3.63) is 0 Å². The number of rotatable bonds is 5. The molecule has 88 valence electrons. The zero-order valence-electron chi connectivity index (χ0n) is 9.92. The number of carbonyl (C=O) groups is 1. The molecule has 0 amide bonds. The summed E-state index contributed by atoms with van der Waals surface area (Å²) in [7, 11) is 0. The number of carbonyl (C=O) groups excluding carboxylic acids is 1. The molecule has 0 aromatic heterocycles. The molecule has 0 unspecified atom stereocenters. The van der Waals surface area contributed by atoms with Crippen LogP contribution in [0.15, 0.2) is 0 Å². The minimum absolute atomic E-state index is 0.118. The highest BCUT2D eigenvalue weighted by atomic mass is 16.5. The van der Waals surface area contributed by atoms with Gasteiger partial charge in [0.1, 0.15) is 6.61 Å². The Kier molecular flexibility index (Phi) is 4.74. The summed E-state index contributed by atoms with van der Waals surface area (Å²) < 4.78 is 5.38. The van der Waals surface area contributed by atoms with Crippen LogP contribution >= 0.6 is 0 Å². The molecule has 0 bridgehead atoms. The molecule has 1 fully saturated rings. The smallest absolute Gasteiger partial charge is 0.165 e. The Morgan fingerprint density at radius 2 is 1.93 bits per heavy atom. The number of Topliss-reactive ketones (excluding diaryl/α,β-unsaturated/α-hetero) is 1. The van der Waals surface area contributed by atoms with E-state index in [0.717, 1.165) is 25.7 Å². The van der Waals surface area contributed by atoms with Gasteiger partial charge in [-0.2, -0.15) is 0 Å². The lowest BCUT2D eigenvalue weighted by atomic mass is 9.71. The molecule has 0 aromatic carbocycles. The van der Waals surface area contributed by atoms with E-state index in [2.05, 4.69) is 0 Å². The summed E-state index contributed by atoms with van der Waals surface area (Å²) in [6.07, 6.45) is 5.51. The highest BCUT2D eigenvalue weighted by Crippen LogP contribution is 2.36. The third-order valence-corrected chi connectivity index (χ3v) is 3.34. The Labute approximate surface area is 92.4 Å². The predicted molar refractivity (Wildman–Crippen MR) is 60.7 cm³/mol. The summed E-state index contributed by atoms with van der Waals surface area (Å²) in [5.74, 6) is 0.207. The molecule has 15 heavy (non-hydrogen) atoms. The van der Waals surface area contributed by atoms with Crippen LogP contribution in [0.3, 0.4) is 0 Å². The molecule has 0 saturated heterocycles. The van der Waals surface area contributed by atoms with Gasteiger partial charge in [-0.05, 0) is 26.7 Å². The van der Waals surface area contributed by atoms with Gasteiger partial charge in [0.25, 0.3) is 0 Å². The molecule has 0 atom stereocenters. The Morgan fingerprint density at radius 3 is 2.40 bits per heavy atom. The molecule has 1 aliphatic carbocycles. The molecule has 1 aliphatic rings. The lowest BCUT2D eigenvalue weighted by Gasteiger charge is -2.34. The SMILES string of the molecule is CC(C)OCC(=O)C1(CN)CCCCC1. The van der Waals surface area contributed by atoms with Crippen molar-refractivity contribution in [2.45, 2.75) is 52.1 Å². The predicted octanol–water partition coefficient (Wildman–Crippen LogP) is 1.89. The standard InChI is InChI=1S/C12H23NO2/c1-10(2)15-8-11(14)12(9-13)6-4-3-5-7-12/h10H,3-9,13H2,1-2H3. The topological polar surface area (TPSA) is 52.3 Å². The van der Waals surface area contributed by atoms with Gasteiger partial charge in [0, 0.05) is 12.0 Å². The summed E-state index contributed by atoms with van der Waals surface area (Å²) in [6, 6.07) is 0. The third-order valence-electron chi connectivity index (χ3n) is 3.34. The van der Waals surface area contributed by atoms with Crippen LogP contribution in [-0.4, -0.2) is 25.0 Å². The first-order valence-electron chi connectivity index (χ1n) is 5.96. The second-order valence-corrected chi connectivity index (χ2v) is 4.83. The molecule has 3 heteroatoms. The lowest BCUT2D eigenvalue weighted by molar-refractivity contribution is -0.136. The Hall–Kier alpha value is -0.410. The van der Waals surface area contributed by atoms with Gasteiger partial charge in [0.15, 0.2) is 5.78 Å². The molecule has 3 nitrogen and oxygen atoms in total. The van der Waals surface area contributed by atoms with Gasteiger partial charge in [0.05, 0.1) is 6.10 Å². The van der Waals surface area contributed by atoms with Crippen molar-refractivity contribution in [2.75, 3.05) is 13.2 Å². The van der Waals surface area contributed by atoms with E-state index in [9.17, 15) is 4.79 Å². The van der Waals surface area contributed by atoms with Crippen molar-refractivity contribution in [1.29, 1.82) is 0 Å². The highest BCUT2D eigenvalue weighted by molar-refractivity contribution is 5.86. The van der Waals surface area contributed by atoms with Crippen LogP contribution < -0.4 is 5.73 Å². The average Bonchev–Trinajstić information content (AvgIpc) is 2.26. The van der Waals surface area contributed by atoms with Crippen LogP contribution in [0.4, 0.5) is 0 Å². The van der Waals surface area contributed by atoms with Crippen LogP contribution in [-0.2, 0) is 9.53 Å². The van der Waals surface area contributed by atoms with Gasteiger partial charge >= 0.3 is 0 Å². The lowest BCUT2D eigenvalue weighted by Crippen LogP contribution is -2.42. The average molecular weight is 213 g/mol. The molecule has 2 N–H and O–H groups in total. The summed E-state index contributed by atoms with van der Waals surface area (Å²) in [4.78, 5) is 12.1. The van der Waals surface area contributed by atoms with E-state index >= 15 is 0 Å². The fourth-order valence-corrected chi connectivity index (χ4v) is 2.22. The molecule has 0 aromatic rings. The van der Waals surface area contributed by atoms with Gasteiger partial charge in [-0.25, -0.2) is 0 Å². The van der Waals surface area contributed by atoms with Crippen molar-refractivity contribution in [3.63, 3.8) is 0 Å². The van der Waals surface area contributed by atoms with Crippen LogP contribution in [0.1, 0.15) is 46.0 Å². The van der Waals surface area contributed by atoms with Gasteiger partial charge in [-0.3, -0.25) is 4.79 Å². The highest BCUT2D eigenvalue weighted by Gasteiger charge is 2.37. The normalized spacial score (nSPS) is 20.5. The zero-order valence-corrected chi connectivity index (χ0v) is 9.92. The largest absolute Gasteiger partial charge is 0.371 e. The molecule has 0 spiro atoms. The van der Waals surface area contributed by atoms with Crippen LogP contribution in [0.5, 0.6) is 0 Å². The molecular formula is C12H23NO2. The Bertz CT molecular complexity index is 208.